The molecule has 0 saturated carbocycles. The highest BCUT2D eigenvalue weighted by molar-refractivity contribution is 7.80. The minimum absolute atomic E-state index is 0.0651. The highest BCUT2D eigenvalue weighted by Crippen LogP contribution is 2.19. The van der Waals surface area contributed by atoms with Gasteiger partial charge in [-0.1, -0.05) is 6.07 Å². The van der Waals surface area contributed by atoms with Crippen molar-refractivity contribution in [3.63, 3.8) is 0 Å². The van der Waals surface area contributed by atoms with Gasteiger partial charge in [0, 0.05) is 23.5 Å². The number of hydrogen-bond acceptors (Lipinski definition) is 3. The average molecular weight is 250 g/mol. The molecule has 1 aliphatic heterocycles. The Morgan fingerprint density at radius 3 is 2.76 bits per heavy atom. The molecule has 0 aliphatic carbocycles. The summed E-state index contributed by atoms with van der Waals surface area (Å²) in [6.07, 6.45) is 0.654. The Kier molecular flexibility index (Phi) is 3.38. The van der Waals surface area contributed by atoms with Crippen molar-refractivity contribution in [2.45, 2.75) is 11.3 Å². The Balaban J connectivity index is 2.09. The molecular formula is C12H14N2O2S. The van der Waals surface area contributed by atoms with Gasteiger partial charge in [0.1, 0.15) is 0 Å². The summed E-state index contributed by atoms with van der Waals surface area (Å²) in [6, 6.07) is 7.08. The lowest BCUT2D eigenvalue weighted by Gasteiger charge is -2.16. The largest absolute Gasteiger partial charge is 0.369 e. The number of carbonyl (C=O) groups is 2. The number of likely N-dealkylation sites (tertiary alicyclic amines) is 1. The van der Waals surface area contributed by atoms with Gasteiger partial charge in [-0.3, -0.25) is 9.59 Å². The molecule has 4 nitrogen and oxygen atoms in total. The van der Waals surface area contributed by atoms with Gasteiger partial charge in [0.2, 0.25) is 5.91 Å². The predicted molar refractivity (Wildman–Crippen MR) is 66.9 cm³/mol. The number of rotatable bonds is 2. The summed E-state index contributed by atoms with van der Waals surface area (Å²) >= 11 is 4.20. The zero-order chi connectivity index (χ0) is 12.4. The number of hydrogen-bond donors (Lipinski definition) is 2. The standard InChI is InChI=1S/C12H14N2O2S/c13-11(15)9-4-5-14(7-9)12(16)8-2-1-3-10(17)6-8/h1-3,6,9,17H,4-5,7H2,(H2,13,15). The lowest BCUT2D eigenvalue weighted by Crippen LogP contribution is -2.31. The van der Waals surface area contributed by atoms with E-state index in [9.17, 15) is 9.59 Å². The molecule has 2 amide bonds. The van der Waals surface area contributed by atoms with Crippen LogP contribution in [0.5, 0.6) is 0 Å². The van der Waals surface area contributed by atoms with E-state index in [4.69, 9.17) is 5.73 Å². The van der Waals surface area contributed by atoms with Gasteiger partial charge in [0.15, 0.2) is 0 Å². The molecule has 2 N–H and O–H groups in total. The molecule has 17 heavy (non-hydrogen) atoms. The van der Waals surface area contributed by atoms with Crippen LogP contribution in [0, 0.1) is 5.92 Å². The van der Waals surface area contributed by atoms with Crippen LogP contribution in [-0.2, 0) is 4.79 Å². The topological polar surface area (TPSA) is 63.4 Å². The van der Waals surface area contributed by atoms with E-state index < -0.39 is 0 Å². The minimum Gasteiger partial charge on any atom is -0.369 e. The lowest BCUT2D eigenvalue weighted by molar-refractivity contribution is -0.121. The number of benzene rings is 1. The summed E-state index contributed by atoms with van der Waals surface area (Å²) < 4.78 is 0. The molecule has 1 aromatic carbocycles. The molecule has 90 valence electrons. The maximum absolute atomic E-state index is 12.1. The second-order valence-electron chi connectivity index (χ2n) is 4.19. The highest BCUT2D eigenvalue weighted by atomic mass is 32.1. The molecule has 5 heteroatoms. The Morgan fingerprint density at radius 2 is 2.18 bits per heavy atom. The Morgan fingerprint density at radius 1 is 1.41 bits per heavy atom. The molecule has 1 saturated heterocycles. The second-order valence-corrected chi connectivity index (χ2v) is 4.71. The van der Waals surface area contributed by atoms with E-state index in [1.807, 2.05) is 6.07 Å². The molecule has 0 radical (unpaired) electrons. The third-order valence-electron chi connectivity index (χ3n) is 2.97. The first-order chi connectivity index (χ1) is 8.08. The molecule has 0 aromatic heterocycles. The van der Waals surface area contributed by atoms with Crippen molar-refractivity contribution in [1.82, 2.24) is 4.90 Å². The van der Waals surface area contributed by atoms with Crippen LogP contribution < -0.4 is 5.73 Å². The van der Waals surface area contributed by atoms with E-state index in [0.29, 0.717) is 25.1 Å². The first kappa shape index (κ1) is 12.0. The third-order valence-corrected chi connectivity index (χ3v) is 3.25. The summed E-state index contributed by atoms with van der Waals surface area (Å²) in [6.45, 7) is 1.01. The second kappa shape index (κ2) is 4.79. The molecule has 0 bridgehead atoms. The molecule has 1 heterocycles. The van der Waals surface area contributed by atoms with Crippen LogP contribution in [0.3, 0.4) is 0 Å². The fraction of sp³-hybridized carbons (Fsp3) is 0.333. The Labute approximate surface area is 105 Å². The van der Waals surface area contributed by atoms with Crippen molar-refractivity contribution < 1.29 is 9.59 Å². The van der Waals surface area contributed by atoms with Gasteiger partial charge in [-0.2, -0.15) is 0 Å². The van der Waals surface area contributed by atoms with Gasteiger partial charge in [0.25, 0.3) is 5.91 Å². The Hall–Kier alpha value is -1.49. The van der Waals surface area contributed by atoms with Crippen molar-refractivity contribution in [3.8, 4) is 0 Å². The molecular weight excluding hydrogens is 236 g/mol. The molecule has 1 fully saturated rings. The van der Waals surface area contributed by atoms with Crippen LogP contribution in [0.4, 0.5) is 0 Å². The number of nitrogens with zero attached hydrogens (tertiary/aromatic N) is 1. The van der Waals surface area contributed by atoms with Crippen LogP contribution in [0.1, 0.15) is 16.8 Å². The molecule has 1 unspecified atom stereocenters. The fourth-order valence-corrected chi connectivity index (χ4v) is 2.22. The van der Waals surface area contributed by atoms with Crippen molar-refractivity contribution in [2.24, 2.45) is 11.7 Å². The zero-order valence-electron chi connectivity index (χ0n) is 9.30. The van der Waals surface area contributed by atoms with Gasteiger partial charge in [0.05, 0.1) is 5.92 Å². The van der Waals surface area contributed by atoms with Crippen molar-refractivity contribution >= 4 is 24.4 Å². The first-order valence-electron chi connectivity index (χ1n) is 5.45. The summed E-state index contributed by atoms with van der Waals surface area (Å²) in [5, 5.41) is 0. The summed E-state index contributed by atoms with van der Waals surface area (Å²) in [5.74, 6) is -0.606. The molecule has 1 aliphatic rings. The molecule has 0 spiro atoms. The van der Waals surface area contributed by atoms with Crippen LogP contribution in [-0.4, -0.2) is 29.8 Å². The van der Waals surface area contributed by atoms with Crippen LogP contribution in [0.2, 0.25) is 0 Å². The van der Waals surface area contributed by atoms with Gasteiger partial charge < -0.3 is 10.6 Å². The van der Waals surface area contributed by atoms with Crippen molar-refractivity contribution in [3.05, 3.63) is 29.8 Å². The summed E-state index contributed by atoms with van der Waals surface area (Å²) in [7, 11) is 0. The van der Waals surface area contributed by atoms with E-state index in [0.717, 1.165) is 4.90 Å². The predicted octanol–water partition coefficient (Wildman–Crippen LogP) is 0.923. The van der Waals surface area contributed by atoms with E-state index >= 15 is 0 Å². The summed E-state index contributed by atoms with van der Waals surface area (Å²) in [4.78, 5) is 25.6. The SMILES string of the molecule is NC(=O)C1CCN(C(=O)c2cccc(S)c2)C1. The van der Waals surface area contributed by atoms with Gasteiger partial charge in [-0.05, 0) is 24.6 Å². The van der Waals surface area contributed by atoms with E-state index in [-0.39, 0.29) is 17.7 Å². The normalized spacial score (nSPS) is 19.4. The average Bonchev–Trinajstić information content (AvgIpc) is 2.77. The van der Waals surface area contributed by atoms with Crippen molar-refractivity contribution in [2.75, 3.05) is 13.1 Å². The number of carbonyl (C=O) groups excluding carboxylic acids is 2. The number of primary amides is 1. The maximum atomic E-state index is 12.1. The van der Waals surface area contributed by atoms with Crippen LogP contribution >= 0.6 is 12.6 Å². The molecule has 1 aromatic rings. The first-order valence-corrected chi connectivity index (χ1v) is 5.90. The van der Waals surface area contributed by atoms with Crippen LogP contribution in [0.25, 0.3) is 0 Å². The minimum atomic E-state index is -0.330. The van der Waals surface area contributed by atoms with Gasteiger partial charge in [-0.25, -0.2) is 0 Å². The highest BCUT2D eigenvalue weighted by Gasteiger charge is 2.30. The zero-order valence-corrected chi connectivity index (χ0v) is 10.2. The van der Waals surface area contributed by atoms with E-state index in [1.54, 1.807) is 23.1 Å². The number of amides is 2. The van der Waals surface area contributed by atoms with Crippen LogP contribution in [0.15, 0.2) is 29.2 Å². The third kappa shape index (κ3) is 2.61. The molecule has 2 rings (SSSR count). The lowest BCUT2D eigenvalue weighted by atomic mass is 10.1. The fourth-order valence-electron chi connectivity index (χ4n) is 2.00. The quantitative estimate of drug-likeness (QED) is 0.767. The smallest absolute Gasteiger partial charge is 0.253 e. The number of nitrogens with two attached hydrogens (primary N) is 1. The molecule has 1 atom stereocenters. The Bertz CT molecular complexity index is 462. The van der Waals surface area contributed by atoms with E-state index in [2.05, 4.69) is 12.6 Å². The summed E-state index contributed by atoms with van der Waals surface area (Å²) in [5.41, 5.74) is 5.83. The van der Waals surface area contributed by atoms with Crippen molar-refractivity contribution in [1.29, 1.82) is 0 Å². The van der Waals surface area contributed by atoms with Gasteiger partial charge >= 0.3 is 0 Å². The van der Waals surface area contributed by atoms with Gasteiger partial charge in [-0.15, -0.1) is 12.6 Å². The number of thiol groups is 1. The van der Waals surface area contributed by atoms with E-state index in [1.165, 1.54) is 0 Å². The monoisotopic (exact) mass is 250 g/mol. The maximum Gasteiger partial charge on any atom is 0.253 e.